The zero-order valence-corrected chi connectivity index (χ0v) is 10.2. The van der Waals surface area contributed by atoms with Crippen molar-refractivity contribution in [2.24, 2.45) is 0 Å². The van der Waals surface area contributed by atoms with Gasteiger partial charge in [-0.2, -0.15) is 0 Å². The SMILES string of the molecule is O=CNc1ccc(N2C(=O)C3CCCN3C2=O)cc1. The van der Waals surface area contributed by atoms with Crippen molar-refractivity contribution in [2.45, 2.75) is 18.9 Å². The molecule has 2 aliphatic rings. The number of hydrogen-bond acceptors (Lipinski definition) is 3. The Kier molecular flexibility index (Phi) is 2.70. The molecule has 1 aromatic rings. The van der Waals surface area contributed by atoms with Crippen molar-refractivity contribution < 1.29 is 14.4 Å². The fraction of sp³-hybridized carbons (Fsp3) is 0.308. The highest BCUT2D eigenvalue weighted by molar-refractivity contribution is 6.21. The number of benzene rings is 1. The lowest BCUT2D eigenvalue weighted by molar-refractivity contribution is -0.119. The lowest BCUT2D eigenvalue weighted by atomic mass is 10.2. The van der Waals surface area contributed by atoms with Crippen molar-refractivity contribution in [3.8, 4) is 0 Å². The van der Waals surface area contributed by atoms with Crippen LogP contribution >= 0.6 is 0 Å². The maximum absolute atomic E-state index is 12.2. The zero-order chi connectivity index (χ0) is 13.4. The fourth-order valence-corrected chi connectivity index (χ4v) is 2.64. The van der Waals surface area contributed by atoms with E-state index in [0.717, 1.165) is 12.8 Å². The van der Waals surface area contributed by atoms with Gasteiger partial charge in [-0.3, -0.25) is 9.59 Å². The maximum atomic E-state index is 12.2. The van der Waals surface area contributed by atoms with Gasteiger partial charge in [-0.1, -0.05) is 0 Å². The number of hydrogen-bond donors (Lipinski definition) is 1. The van der Waals surface area contributed by atoms with Gasteiger partial charge in [0.25, 0.3) is 5.91 Å². The molecule has 98 valence electrons. The number of nitrogens with zero attached hydrogens (tertiary/aromatic N) is 2. The van der Waals surface area contributed by atoms with Crippen LogP contribution in [0.2, 0.25) is 0 Å². The summed E-state index contributed by atoms with van der Waals surface area (Å²) in [6, 6.07) is 6.10. The molecule has 1 N–H and O–H groups in total. The van der Waals surface area contributed by atoms with Crippen LogP contribution in [0, 0.1) is 0 Å². The average Bonchev–Trinajstić information content (AvgIpc) is 2.97. The van der Waals surface area contributed by atoms with Gasteiger partial charge in [0.05, 0.1) is 5.69 Å². The monoisotopic (exact) mass is 259 g/mol. The van der Waals surface area contributed by atoms with Gasteiger partial charge in [0.15, 0.2) is 0 Å². The minimum absolute atomic E-state index is 0.154. The van der Waals surface area contributed by atoms with E-state index in [4.69, 9.17) is 0 Å². The van der Waals surface area contributed by atoms with Gasteiger partial charge in [0, 0.05) is 12.2 Å². The summed E-state index contributed by atoms with van der Waals surface area (Å²) >= 11 is 0. The van der Waals surface area contributed by atoms with Crippen LogP contribution in [0.1, 0.15) is 12.8 Å². The Balaban J connectivity index is 1.87. The molecule has 3 rings (SSSR count). The molecular formula is C13H13N3O3. The Morgan fingerprint density at radius 1 is 1.21 bits per heavy atom. The Bertz CT molecular complexity index is 519. The summed E-state index contributed by atoms with van der Waals surface area (Å²) in [5.41, 5.74) is 1.17. The quantitative estimate of drug-likeness (QED) is 0.654. The van der Waals surface area contributed by atoms with Crippen molar-refractivity contribution in [2.75, 3.05) is 16.8 Å². The number of carbonyl (C=O) groups excluding carboxylic acids is 3. The van der Waals surface area contributed by atoms with Crippen LogP contribution in [-0.2, 0) is 9.59 Å². The van der Waals surface area contributed by atoms with Gasteiger partial charge < -0.3 is 10.2 Å². The van der Waals surface area contributed by atoms with Crippen molar-refractivity contribution in [3.63, 3.8) is 0 Å². The third-order valence-electron chi connectivity index (χ3n) is 3.55. The first-order chi connectivity index (χ1) is 9.22. The standard InChI is InChI=1S/C13H13N3O3/c17-8-14-9-3-5-10(6-4-9)16-12(18)11-2-1-7-15(11)13(16)19/h3-6,8,11H,1-2,7H2,(H,14,17). The molecule has 19 heavy (non-hydrogen) atoms. The van der Waals surface area contributed by atoms with Crippen molar-refractivity contribution >= 4 is 29.7 Å². The number of nitrogens with one attached hydrogen (secondary N) is 1. The first kappa shape index (κ1) is 11.7. The van der Waals surface area contributed by atoms with Crippen LogP contribution in [0.25, 0.3) is 0 Å². The Morgan fingerprint density at radius 3 is 2.58 bits per heavy atom. The minimum atomic E-state index is -0.291. The number of carbonyl (C=O) groups is 3. The van der Waals surface area contributed by atoms with Gasteiger partial charge >= 0.3 is 6.03 Å². The van der Waals surface area contributed by atoms with Gasteiger partial charge in [-0.25, -0.2) is 9.69 Å². The molecule has 0 aromatic heterocycles. The topological polar surface area (TPSA) is 69.7 Å². The Morgan fingerprint density at radius 2 is 1.95 bits per heavy atom. The molecule has 4 amide bonds. The van der Waals surface area contributed by atoms with Gasteiger partial charge in [-0.05, 0) is 37.1 Å². The molecule has 0 radical (unpaired) electrons. The predicted molar refractivity (Wildman–Crippen MR) is 68.7 cm³/mol. The molecule has 2 fully saturated rings. The molecule has 0 bridgehead atoms. The van der Waals surface area contributed by atoms with Crippen molar-refractivity contribution in [3.05, 3.63) is 24.3 Å². The largest absolute Gasteiger partial charge is 0.332 e. The molecule has 0 saturated carbocycles. The van der Waals surface area contributed by atoms with Crippen LogP contribution < -0.4 is 10.2 Å². The zero-order valence-electron chi connectivity index (χ0n) is 10.2. The summed E-state index contributed by atoms with van der Waals surface area (Å²) < 4.78 is 0. The Labute approximate surface area is 110 Å². The summed E-state index contributed by atoms with van der Waals surface area (Å²) in [5, 5.41) is 2.51. The van der Waals surface area contributed by atoms with Gasteiger partial charge in [0.1, 0.15) is 6.04 Å². The van der Waals surface area contributed by atoms with E-state index >= 15 is 0 Å². The lowest BCUT2D eigenvalue weighted by Gasteiger charge is -2.15. The summed E-state index contributed by atoms with van der Waals surface area (Å²) in [4.78, 5) is 37.5. The molecule has 6 nitrogen and oxygen atoms in total. The average molecular weight is 259 g/mol. The van der Waals surface area contributed by atoms with E-state index in [1.807, 2.05) is 0 Å². The van der Waals surface area contributed by atoms with E-state index in [9.17, 15) is 14.4 Å². The second kappa shape index (κ2) is 4.38. The second-order valence-electron chi connectivity index (χ2n) is 4.62. The molecule has 6 heteroatoms. The minimum Gasteiger partial charge on any atom is -0.329 e. The van der Waals surface area contributed by atoms with E-state index < -0.39 is 0 Å². The lowest BCUT2D eigenvalue weighted by Crippen LogP contribution is -2.32. The van der Waals surface area contributed by atoms with Crippen LogP contribution in [0.15, 0.2) is 24.3 Å². The van der Waals surface area contributed by atoms with E-state index in [-0.39, 0.29) is 18.0 Å². The molecule has 0 aliphatic carbocycles. The predicted octanol–water partition coefficient (Wildman–Crippen LogP) is 1.19. The molecular weight excluding hydrogens is 246 g/mol. The summed E-state index contributed by atoms with van der Waals surface area (Å²) in [7, 11) is 0. The van der Waals surface area contributed by atoms with Crippen molar-refractivity contribution in [1.29, 1.82) is 0 Å². The summed E-state index contributed by atoms with van der Waals surface area (Å²) in [6.45, 7) is 0.649. The fourth-order valence-electron chi connectivity index (χ4n) is 2.64. The number of imide groups is 1. The molecule has 2 heterocycles. The number of rotatable bonds is 3. The highest BCUT2D eigenvalue weighted by atomic mass is 16.2. The molecule has 1 unspecified atom stereocenters. The van der Waals surface area contributed by atoms with E-state index in [0.29, 0.717) is 24.3 Å². The smallest absolute Gasteiger partial charge is 0.329 e. The molecule has 2 saturated heterocycles. The van der Waals surface area contributed by atoms with E-state index in [1.54, 1.807) is 29.2 Å². The van der Waals surface area contributed by atoms with Crippen molar-refractivity contribution in [1.82, 2.24) is 4.90 Å². The number of anilines is 2. The normalized spacial score (nSPS) is 21.8. The number of fused-ring (bicyclic) bond motifs is 1. The third-order valence-corrected chi connectivity index (χ3v) is 3.55. The number of urea groups is 1. The third kappa shape index (κ3) is 1.76. The highest BCUT2D eigenvalue weighted by Gasteiger charge is 2.47. The van der Waals surface area contributed by atoms with Crippen LogP contribution in [-0.4, -0.2) is 35.8 Å². The number of amides is 4. The van der Waals surface area contributed by atoms with Crippen LogP contribution in [0.3, 0.4) is 0 Å². The van der Waals surface area contributed by atoms with E-state index in [1.165, 1.54) is 4.90 Å². The van der Waals surface area contributed by atoms with Crippen LogP contribution in [0.4, 0.5) is 16.2 Å². The molecule has 0 spiro atoms. The van der Waals surface area contributed by atoms with Gasteiger partial charge in [0.2, 0.25) is 6.41 Å². The first-order valence-corrected chi connectivity index (χ1v) is 6.17. The first-order valence-electron chi connectivity index (χ1n) is 6.17. The van der Waals surface area contributed by atoms with Crippen LogP contribution in [0.5, 0.6) is 0 Å². The second-order valence-corrected chi connectivity index (χ2v) is 4.62. The summed E-state index contributed by atoms with van der Waals surface area (Å²) in [5.74, 6) is -0.154. The summed E-state index contributed by atoms with van der Waals surface area (Å²) in [6.07, 6.45) is 2.21. The van der Waals surface area contributed by atoms with Gasteiger partial charge in [-0.15, -0.1) is 0 Å². The molecule has 1 aromatic carbocycles. The maximum Gasteiger partial charge on any atom is 0.332 e. The Hall–Kier alpha value is -2.37. The molecule has 1 atom stereocenters. The molecule has 2 aliphatic heterocycles. The van der Waals surface area contributed by atoms with E-state index in [2.05, 4.69) is 5.32 Å². The highest BCUT2D eigenvalue weighted by Crippen LogP contribution is 2.31.